The van der Waals surface area contributed by atoms with E-state index >= 15 is 0 Å². The van der Waals surface area contributed by atoms with Gasteiger partial charge in [0.05, 0.1) is 11.5 Å². The van der Waals surface area contributed by atoms with Crippen LogP contribution in [-0.4, -0.2) is 22.8 Å². The quantitative estimate of drug-likeness (QED) is 0.675. The third-order valence-electron chi connectivity index (χ3n) is 3.62. The number of esters is 1. The molecule has 0 aliphatic heterocycles. The highest BCUT2D eigenvalue weighted by Gasteiger charge is 2.55. The normalized spacial score (nSPS) is 39.5. The van der Waals surface area contributed by atoms with Gasteiger partial charge in [0, 0.05) is 0 Å². The summed E-state index contributed by atoms with van der Waals surface area (Å²) in [6.45, 7) is 5.66. The summed E-state index contributed by atoms with van der Waals surface area (Å²) in [6.07, 6.45) is 3.01. The highest BCUT2D eigenvalue weighted by atomic mass is 16.6. The zero-order valence-electron chi connectivity index (χ0n) is 9.75. The first-order valence-corrected chi connectivity index (χ1v) is 5.74. The monoisotopic (exact) mass is 212 g/mol. The average Bonchev–Trinajstić information content (AvgIpc) is 2.58. The Balaban J connectivity index is 2.08. The molecule has 2 aliphatic carbocycles. The molecule has 3 heteroatoms. The largest absolute Gasteiger partial charge is 0.460 e. The first-order chi connectivity index (χ1) is 6.82. The van der Waals surface area contributed by atoms with E-state index in [1.807, 2.05) is 20.8 Å². The van der Waals surface area contributed by atoms with Gasteiger partial charge in [0.2, 0.25) is 0 Å². The van der Waals surface area contributed by atoms with E-state index in [9.17, 15) is 9.90 Å². The van der Waals surface area contributed by atoms with E-state index in [-0.39, 0.29) is 17.5 Å². The molecule has 0 aromatic rings. The summed E-state index contributed by atoms with van der Waals surface area (Å²) in [4.78, 5) is 12.1. The van der Waals surface area contributed by atoms with Gasteiger partial charge in [-0.2, -0.15) is 0 Å². The molecule has 0 amide bonds. The topological polar surface area (TPSA) is 46.5 Å². The molecule has 0 radical (unpaired) electrons. The number of hydrogen-bond donors (Lipinski definition) is 1. The minimum atomic E-state index is -0.419. The van der Waals surface area contributed by atoms with Crippen LogP contribution in [0.15, 0.2) is 0 Å². The minimum Gasteiger partial charge on any atom is -0.460 e. The van der Waals surface area contributed by atoms with E-state index in [1.165, 1.54) is 0 Å². The molecule has 0 aromatic carbocycles. The van der Waals surface area contributed by atoms with Crippen LogP contribution in [0.25, 0.3) is 0 Å². The molecule has 2 saturated carbocycles. The highest BCUT2D eigenvalue weighted by Crippen LogP contribution is 2.55. The van der Waals surface area contributed by atoms with Crippen LogP contribution in [0.4, 0.5) is 0 Å². The molecule has 0 heterocycles. The lowest BCUT2D eigenvalue weighted by Gasteiger charge is -2.30. The predicted octanol–water partition coefficient (Wildman–Crippen LogP) is 1.88. The molecule has 0 saturated heterocycles. The van der Waals surface area contributed by atoms with Crippen molar-refractivity contribution in [2.45, 2.75) is 58.2 Å². The fraction of sp³-hybridized carbons (Fsp3) is 0.917. The highest BCUT2D eigenvalue weighted by molar-refractivity contribution is 5.78. The van der Waals surface area contributed by atoms with Crippen molar-refractivity contribution < 1.29 is 14.6 Å². The van der Waals surface area contributed by atoms with Gasteiger partial charge < -0.3 is 9.84 Å². The maximum absolute atomic E-state index is 12.1. The van der Waals surface area contributed by atoms with Crippen molar-refractivity contribution in [3.05, 3.63) is 0 Å². The van der Waals surface area contributed by atoms with E-state index in [0.29, 0.717) is 12.3 Å². The number of carbonyl (C=O) groups excluding carboxylic acids is 1. The van der Waals surface area contributed by atoms with Gasteiger partial charge in [-0.05, 0) is 52.4 Å². The van der Waals surface area contributed by atoms with Crippen LogP contribution >= 0.6 is 0 Å². The fourth-order valence-corrected chi connectivity index (χ4v) is 2.90. The molecular formula is C12H20O3. The molecule has 0 unspecified atom stereocenters. The first-order valence-electron chi connectivity index (χ1n) is 5.74. The van der Waals surface area contributed by atoms with E-state index in [0.717, 1.165) is 19.3 Å². The van der Waals surface area contributed by atoms with E-state index in [4.69, 9.17) is 4.74 Å². The van der Waals surface area contributed by atoms with Crippen molar-refractivity contribution >= 4 is 5.97 Å². The van der Waals surface area contributed by atoms with Crippen LogP contribution in [-0.2, 0) is 9.53 Å². The Morgan fingerprint density at radius 1 is 1.40 bits per heavy atom. The molecule has 3 nitrogen and oxygen atoms in total. The zero-order valence-corrected chi connectivity index (χ0v) is 9.75. The van der Waals surface area contributed by atoms with Crippen molar-refractivity contribution in [3.8, 4) is 0 Å². The molecule has 3 atom stereocenters. The van der Waals surface area contributed by atoms with Crippen molar-refractivity contribution in [3.63, 3.8) is 0 Å². The number of carbonyl (C=O) groups is 1. The van der Waals surface area contributed by atoms with Crippen molar-refractivity contribution in [2.75, 3.05) is 0 Å². The summed E-state index contributed by atoms with van der Waals surface area (Å²) < 4.78 is 5.44. The van der Waals surface area contributed by atoms with Gasteiger partial charge in [-0.15, -0.1) is 0 Å². The Morgan fingerprint density at radius 3 is 2.47 bits per heavy atom. The minimum absolute atomic E-state index is 0.103. The molecule has 2 rings (SSSR count). The third-order valence-corrected chi connectivity index (χ3v) is 3.62. The van der Waals surface area contributed by atoms with E-state index in [1.54, 1.807) is 0 Å². The van der Waals surface area contributed by atoms with Crippen molar-refractivity contribution in [1.82, 2.24) is 0 Å². The number of aliphatic hydroxyl groups excluding tert-OH is 1. The molecule has 86 valence electrons. The lowest BCUT2D eigenvalue weighted by Crippen LogP contribution is -2.36. The maximum Gasteiger partial charge on any atom is 0.312 e. The second-order valence-electron chi connectivity index (χ2n) is 6.06. The molecular weight excluding hydrogens is 192 g/mol. The Labute approximate surface area is 90.8 Å². The Kier molecular flexibility index (Phi) is 2.34. The number of hydrogen-bond acceptors (Lipinski definition) is 3. The summed E-state index contributed by atoms with van der Waals surface area (Å²) in [7, 11) is 0. The second-order valence-corrected chi connectivity index (χ2v) is 6.06. The lowest BCUT2D eigenvalue weighted by molar-refractivity contribution is -0.168. The van der Waals surface area contributed by atoms with Gasteiger partial charge in [0.15, 0.2) is 0 Å². The molecule has 15 heavy (non-hydrogen) atoms. The SMILES string of the molecule is CC(C)(C)OC(=O)[C@@]12CC[C@@H](C1)[C@@H](O)C2. The van der Waals surface area contributed by atoms with Gasteiger partial charge in [-0.25, -0.2) is 0 Å². The van der Waals surface area contributed by atoms with Crippen LogP contribution in [0.3, 0.4) is 0 Å². The van der Waals surface area contributed by atoms with Crippen LogP contribution in [0.1, 0.15) is 46.5 Å². The van der Waals surface area contributed by atoms with Crippen molar-refractivity contribution in [2.24, 2.45) is 11.3 Å². The molecule has 2 aliphatic rings. The zero-order chi connectivity index (χ0) is 11.3. The van der Waals surface area contributed by atoms with Crippen LogP contribution in [0, 0.1) is 11.3 Å². The maximum atomic E-state index is 12.1. The fourth-order valence-electron chi connectivity index (χ4n) is 2.90. The van der Waals surface area contributed by atoms with E-state index in [2.05, 4.69) is 0 Å². The standard InChI is InChI=1S/C12H20O3/c1-11(2,3)15-10(14)12-5-4-8(6-12)9(13)7-12/h8-9,13H,4-7H2,1-3H3/t8-,9-,12-/m0/s1. The van der Waals surface area contributed by atoms with Gasteiger partial charge in [0.1, 0.15) is 5.60 Å². The second kappa shape index (κ2) is 3.21. The molecule has 0 spiro atoms. The van der Waals surface area contributed by atoms with Gasteiger partial charge >= 0.3 is 5.97 Å². The summed E-state index contributed by atoms with van der Waals surface area (Å²) in [5.41, 5.74) is -0.783. The number of rotatable bonds is 1. The lowest BCUT2D eigenvalue weighted by atomic mass is 9.83. The Hall–Kier alpha value is -0.570. The smallest absolute Gasteiger partial charge is 0.312 e. The van der Waals surface area contributed by atoms with Crippen LogP contribution < -0.4 is 0 Å². The van der Waals surface area contributed by atoms with E-state index < -0.39 is 5.60 Å². The summed E-state index contributed by atoms with van der Waals surface area (Å²) >= 11 is 0. The van der Waals surface area contributed by atoms with Gasteiger partial charge in [0.25, 0.3) is 0 Å². The van der Waals surface area contributed by atoms with Crippen LogP contribution in [0.2, 0.25) is 0 Å². The molecule has 1 N–H and O–H groups in total. The first kappa shape index (κ1) is 10.9. The Morgan fingerprint density at radius 2 is 2.07 bits per heavy atom. The number of fused-ring (bicyclic) bond motifs is 2. The predicted molar refractivity (Wildman–Crippen MR) is 56.2 cm³/mol. The van der Waals surface area contributed by atoms with Gasteiger partial charge in [-0.1, -0.05) is 0 Å². The summed E-state index contributed by atoms with van der Waals surface area (Å²) in [5, 5.41) is 9.72. The third kappa shape index (κ3) is 1.89. The number of ether oxygens (including phenoxy) is 1. The number of aliphatic hydroxyl groups is 1. The Bertz CT molecular complexity index is 275. The molecule has 2 bridgehead atoms. The van der Waals surface area contributed by atoms with Crippen LogP contribution in [0.5, 0.6) is 0 Å². The van der Waals surface area contributed by atoms with Gasteiger partial charge in [-0.3, -0.25) is 4.79 Å². The molecule has 0 aromatic heterocycles. The summed E-state index contributed by atoms with van der Waals surface area (Å²) in [5.74, 6) is 0.228. The van der Waals surface area contributed by atoms with Crippen molar-refractivity contribution in [1.29, 1.82) is 0 Å². The average molecular weight is 212 g/mol. The molecule has 2 fully saturated rings. The summed E-state index contributed by atoms with van der Waals surface area (Å²) in [6, 6.07) is 0.